The molecule has 4 heteroatoms. The number of nitrogens with two attached hydrogens (primary N) is 1. The van der Waals surface area contributed by atoms with Crippen molar-refractivity contribution in [3.8, 4) is 0 Å². The van der Waals surface area contributed by atoms with Crippen LogP contribution >= 0.6 is 24.8 Å². The molecule has 1 atom stereocenters. The molecule has 0 saturated carbocycles. The van der Waals surface area contributed by atoms with E-state index in [0.717, 1.165) is 11.3 Å². The molecule has 0 fully saturated rings. The minimum absolute atomic E-state index is 0. The molecule has 12 heavy (non-hydrogen) atoms. The van der Waals surface area contributed by atoms with Crippen LogP contribution in [0.2, 0.25) is 0 Å². The van der Waals surface area contributed by atoms with Crippen LogP contribution in [0.5, 0.6) is 0 Å². The summed E-state index contributed by atoms with van der Waals surface area (Å²) in [6.07, 6.45) is 1.82. The van der Waals surface area contributed by atoms with Crippen molar-refractivity contribution in [2.75, 3.05) is 0 Å². The highest BCUT2D eigenvalue weighted by Crippen LogP contribution is 2.06. The van der Waals surface area contributed by atoms with E-state index >= 15 is 0 Å². The average Bonchev–Trinajstić information content (AvgIpc) is 1.88. The highest BCUT2D eigenvalue weighted by molar-refractivity contribution is 5.85. The monoisotopic (exact) mass is 208 g/mol. The van der Waals surface area contributed by atoms with Gasteiger partial charge in [0.1, 0.15) is 0 Å². The SMILES string of the molecule is Cc1ccc([C@H](C)N)cn1.Cl.Cl. The van der Waals surface area contributed by atoms with Crippen molar-refractivity contribution in [1.82, 2.24) is 4.98 Å². The Hall–Kier alpha value is -0.310. The summed E-state index contributed by atoms with van der Waals surface area (Å²) in [7, 11) is 0. The molecule has 70 valence electrons. The lowest BCUT2D eigenvalue weighted by atomic mass is 10.1. The zero-order valence-corrected chi connectivity index (χ0v) is 8.78. The first-order valence-electron chi connectivity index (χ1n) is 3.38. The smallest absolute Gasteiger partial charge is 0.0372 e. The zero-order chi connectivity index (χ0) is 7.56. The van der Waals surface area contributed by atoms with E-state index < -0.39 is 0 Å². The molecular formula is C8H14Cl2N2. The highest BCUT2D eigenvalue weighted by Gasteiger charge is 1.96. The van der Waals surface area contributed by atoms with Gasteiger partial charge in [-0.3, -0.25) is 4.98 Å². The van der Waals surface area contributed by atoms with Gasteiger partial charge in [0.2, 0.25) is 0 Å². The van der Waals surface area contributed by atoms with Crippen LogP contribution in [0.3, 0.4) is 0 Å². The first-order valence-corrected chi connectivity index (χ1v) is 3.38. The first-order chi connectivity index (χ1) is 4.70. The zero-order valence-electron chi connectivity index (χ0n) is 7.15. The molecule has 0 radical (unpaired) electrons. The molecule has 1 heterocycles. The second-order valence-electron chi connectivity index (χ2n) is 2.52. The van der Waals surface area contributed by atoms with Gasteiger partial charge < -0.3 is 5.73 Å². The van der Waals surface area contributed by atoms with Gasteiger partial charge in [0.05, 0.1) is 0 Å². The fraction of sp³-hybridized carbons (Fsp3) is 0.375. The van der Waals surface area contributed by atoms with Crippen LogP contribution in [0.1, 0.15) is 24.2 Å². The van der Waals surface area contributed by atoms with Crippen molar-refractivity contribution in [3.63, 3.8) is 0 Å². The molecule has 0 saturated heterocycles. The van der Waals surface area contributed by atoms with E-state index in [1.54, 1.807) is 0 Å². The maximum atomic E-state index is 5.62. The van der Waals surface area contributed by atoms with E-state index in [2.05, 4.69) is 4.98 Å². The second kappa shape index (κ2) is 6.23. The Morgan fingerprint density at radius 1 is 1.33 bits per heavy atom. The number of halogens is 2. The molecule has 0 aromatic carbocycles. The quantitative estimate of drug-likeness (QED) is 0.770. The Kier molecular flexibility index (Phi) is 7.39. The molecule has 0 aliphatic rings. The van der Waals surface area contributed by atoms with E-state index in [1.165, 1.54) is 0 Å². The van der Waals surface area contributed by atoms with Gasteiger partial charge in [-0.2, -0.15) is 0 Å². The van der Waals surface area contributed by atoms with E-state index in [0.29, 0.717) is 0 Å². The number of aryl methyl sites for hydroxylation is 1. The van der Waals surface area contributed by atoms with Crippen molar-refractivity contribution in [2.45, 2.75) is 19.9 Å². The van der Waals surface area contributed by atoms with E-state index in [-0.39, 0.29) is 30.9 Å². The lowest BCUT2D eigenvalue weighted by molar-refractivity contribution is 0.810. The summed E-state index contributed by atoms with van der Waals surface area (Å²) in [6.45, 7) is 3.91. The molecule has 1 rings (SSSR count). The molecule has 0 spiro atoms. The first kappa shape index (κ1) is 14.2. The average molecular weight is 209 g/mol. The van der Waals surface area contributed by atoms with Gasteiger partial charge >= 0.3 is 0 Å². The molecule has 1 aromatic heterocycles. The van der Waals surface area contributed by atoms with Crippen LogP contribution < -0.4 is 5.73 Å². The third-order valence-electron chi connectivity index (χ3n) is 1.46. The molecule has 0 amide bonds. The molecule has 2 nitrogen and oxygen atoms in total. The van der Waals surface area contributed by atoms with Gasteiger partial charge in [0.15, 0.2) is 0 Å². The van der Waals surface area contributed by atoms with E-state index in [1.807, 2.05) is 32.2 Å². The number of nitrogens with zero attached hydrogens (tertiary/aromatic N) is 1. The van der Waals surface area contributed by atoms with Crippen molar-refractivity contribution in [1.29, 1.82) is 0 Å². The summed E-state index contributed by atoms with van der Waals surface area (Å²) in [5.74, 6) is 0. The van der Waals surface area contributed by atoms with Gasteiger partial charge in [0, 0.05) is 17.9 Å². The Morgan fingerprint density at radius 2 is 1.92 bits per heavy atom. The van der Waals surface area contributed by atoms with E-state index in [9.17, 15) is 0 Å². The molecular weight excluding hydrogens is 195 g/mol. The van der Waals surface area contributed by atoms with Crippen LogP contribution in [-0.2, 0) is 0 Å². The minimum atomic E-state index is 0. The number of hydrogen-bond donors (Lipinski definition) is 1. The minimum Gasteiger partial charge on any atom is -0.324 e. The summed E-state index contributed by atoms with van der Waals surface area (Å²) in [6, 6.07) is 4.07. The number of pyridine rings is 1. The maximum Gasteiger partial charge on any atom is 0.0372 e. The Balaban J connectivity index is 0. The summed E-state index contributed by atoms with van der Waals surface area (Å²) < 4.78 is 0. The van der Waals surface area contributed by atoms with Crippen molar-refractivity contribution in [2.24, 2.45) is 5.73 Å². The molecule has 0 unspecified atom stereocenters. The van der Waals surface area contributed by atoms with Gasteiger partial charge in [-0.1, -0.05) is 6.07 Å². The third-order valence-corrected chi connectivity index (χ3v) is 1.46. The molecule has 0 bridgehead atoms. The van der Waals surface area contributed by atoms with Crippen molar-refractivity contribution in [3.05, 3.63) is 29.6 Å². The highest BCUT2D eigenvalue weighted by atomic mass is 35.5. The van der Waals surface area contributed by atoms with Crippen LogP contribution in [-0.4, -0.2) is 4.98 Å². The number of aromatic nitrogens is 1. The summed E-state index contributed by atoms with van der Waals surface area (Å²) in [5.41, 5.74) is 7.74. The normalized spacial score (nSPS) is 10.9. The Bertz CT molecular complexity index is 209. The van der Waals surface area contributed by atoms with Crippen LogP contribution in [0, 0.1) is 6.92 Å². The van der Waals surface area contributed by atoms with Crippen LogP contribution in [0.25, 0.3) is 0 Å². The molecule has 0 aliphatic heterocycles. The number of hydrogen-bond acceptors (Lipinski definition) is 2. The largest absolute Gasteiger partial charge is 0.324 e. The standard InChI is InChI=1S/C8H12N2.2ClH/c1-6-3-4-8(5-10-6)7(2)9;;/h3-5,7H,9H2,1-2H3;2*1H/t7-;;/m0../s1. The topological polar surface area (TPSA) is 38.9 Å². The van der Waals surface area contributed by atoms with Gasteiger partial charge in [-0.05, 0) is 25.5 Å². The third kappa shape index (κ3) is 3.90. The summed E-state index contributed by atoms with van der Waals surface area (Å²) in [4.78, 5) is 4.12. The van der Waals surface area contributed by atoms with Crippen molar-refractivity contribution >= 4 is 24.8 Å². The van der Waals surface area contributed by atoms with Crippen LogP contribution in [0.15, 0.2) is 18.3 Å². The number of rotatable bonds is 1. The summed E-state index contributed by atoms with van der Waals surface area (Å²) in [5, 5.41) is 0. The fourth-order valence-corrected chi connectivity index (χ4v) is 0.749. The predicted molar refractivity (Wildman–Crippen MR) is 56.1 cm³/mol. The fourth-order valence-electron chi connectivity index (χ4n) is 0.749. The van der Waals surface area contributed by atoms with Gasteiger partial charge in [-0.25, -0.2) is 0 Å². The lowest BCUT2D eigenvalue weighted by Crippen LogP contribution is -2.04. The Morgan fingerprint density at radius 3 is 2.25 bits per heavy atom. The Labute approximate surface area is 85.4 Å². The summed E-state index contributed by atoms with van der Waals surface area (Å²) >= 11 is 0. The lowest BCUT2D eigenvalue weighted by Gasteiger charge is -2.03. The molecule has 1 aromatic rings. The molecule has 2 N–H and O–H groups in total. The van der Waals surface area contributed by atoms with Gasteiger partial charge in [0.25, 0.3) is 0 Å². The van der Waals surface area contributed by atoms with Gasteiger partial charge in [-0.15, -0.1) is 24.8 Å². The van der Waals surface area contributed by atoms with Crippen molar-refractivity contribution < 1.29 is 0 Å². The van der Waals surface area contributed by atoms with Crippen LogP contribution in [0.4, 0.5) is 0 Å². The second-order valence-corrected chi connectivity index (χ2v) is 2.52. The molecule has 0 aliphatic carbocycles. The maximum absolute atomic E-state index is 5.62. The predicted octanol–water partition coefficient (Wildman–Crippen LogP) is 2.25. The van der Waals surface area contributed by atoms with E-state index in [4.69, 9.17) is 5.73 Å².